The summed E-state index contributed by atoms with van der Waals surface area (Å²) in [5.74, 6) is -1.02. The van der Waals surface area contributed by atoms with Crippen LogP contribution in [-0.2, 0) is 4.79 Å². The van der Waals surface area contributed by atoms with Gasteiger partial charge in [-0.15, -0.1) is 0 Å². The maximum atomic E-state index is 10.2. The normalized spacial score (nSPS) is 12.1. The molecule has 0 unspecified atom stereocenters. The van der Waals surface area contributed by atoms with Crippen LogP contribution in [-0.4, -0.2) is 34.9 Å². The first-order valence-electron chi connectivity index (χ1n) is 3.99. The predicted molar refractivity (Wildman–Crippen MR) is 45.5 cm³/mol. The van der Waals surface area contributed by atoms with Gasteiger partial charge in [-0.1, -0.05) is 0 Å². The summed E-state index contributed by atoms with van der Waals surface area (Å²) >= 11 is 0. The average molecular weight is 190 g/mol. The van der Waals surface area contributed by atoms with Crippen molar-refractivity contribution in [2.75, 3.05) is 6.54 Å². The lowest BCUT2D eigenvalue weighted by atomic mass is 10.1. The number of carbonyl (C=O) groups is 2. The molecule has 0 aromatic rings. The lowest BCUT2D eigenvalue weighted by molar-refractivity contribution is -0.138. The van der Waals surface area contributed by atoms with Gasteiger partial charge in [-0.2, -0.15) is 0 Å². The van der Waals surface area contributed by atoms with Gasteiger partial charge in [0.05, 0.1) is 0 Å². The van der Waals surface area contributed by atoms with Gasteiger partial charge in [-0.25, -0.2) is 4.79 Å². The summed E-state index contributed by atoms with van der Waals surface area (Å²) in [6, 6.07) is -0.843. The highest BCUT2D eigenvalue weighted by molar-refractivity contribution is 5.72. The van der Waals surface area contributed by atoms with E-state index in [1.54, 1.807) is 0 Å². The lowest BCUT2D eigenvalue weighted by Gasteiger charge is -2.05. The lowest BCUT2D eigenvalue weighted by Crippen LogP contribution is -2.30. The quantitative estimate of drug-likeness (QED) is 0.434. The Balaban J connectivity index is 3.26. The standard InChI is InChI=1S/C7H14N2O4/c8-5(6(10)11)3-1-2-4-9-7(12)13/h5,9H,1-4,8H2,(H,10,11)(H,12,13)/t5-/m0/s1. The second-order valence-corrected chi connectivity index (χ2v) is 2.67. The number of nitrogens with one attached hydrogen (secondary N) is 1. The highest BCUT2D eigenvalue weighted by Gasteiger charge is 2.09. The van der Waals surface area contributed by atoms with Gasteiger partial charge in [0, 0.05) is 6.54 Å². The fourth-order valence-electron chi connectivity index (χ4n) is 0.808. The highest BCUT2D eigenvalue weighted by atomic mass is 16.4. The van der Waals surface area contributed by atoms with Gasteiger partial charge >= 0.3 is 12.1 Å². The minimum absolute atomic E-state index is 0.335. The van der Waals surface area contributed by atoms with Crippen LogP contribution in [0.4, 0.5) is 4.79 Å². The van der Waals surface area contributed by atoms with E-state index in [1.165, 1.54) is 0 Å². The van der Waals surface area contributed by atoms with E-state index >= 15 is 0 Å². The SMILES string of the molecule is N[C@@H](CCCCNC(=O)O)C(=O)O. The molecular formula is C7H14N2O4. The third kappa shape index (κ3) is 7.07. The van der Waals surface area contributed by atoms with Crippen LogP contribution in [0.3, 0.4) is 0 Å². The van der Waals surface area contributed by atoms with Crippen LogP contribution in [0.15, 0.2) is 0 Å². The molecule has 0 saturated carbocycles. The van der Waals surface area contributed by atoms with Crippen molar-refractivity contribution >= 4 is 12.1 Å². The van der Waals surface area contributed by atoms with Crippen LogP contribution in [0.2, 0.25) is 0 Å². The smallest absolute Gasteiger partial charge is 0.404 e. The van der Waals surface area contributed by atoms with Crippen LogP contribution in [0, 0.1) is 0 Å². The van der Waals surface area contributed by atoms with Crippen LogP contribution in [0.5, 0.6) is 0 Å². The molecule has 0 aliphatic carbocycles. The van der Waals surface area contributed by atoms with E-state index in [4.69, 9.17) is 15.9 Å². The summed E-state index contributed by atoms with van der Waals surface area (Å²) in [6.07, 6.45) is 0.514. The van der Waals surface area contributed by atoms with E-state index in [2.05, 4.69) is 5.32 Å². The second-order valence-electron chi connectivity index (χ2n) is 2.67. The summed E-state index contributed by atoms with van der Waals surface area (Å²) in [5.41, 5.74) is 5.22. The van der Waals surface area contributed by atoms with Gasteiger partial charge in [-0.3, -0.25) is 4.79 Å². The maximum Gasteiger partial charge on any atom is 0.404 e. The average Bonchev–Trinajstić information content (AvgIpc) is 2.02. The molecule has 0 radical (unpaired) electrons. The molecule has 0 heterocycles. The van der Waals surface area contributed by atoms with Gasteiger partial charge in [0.1, 0.15) is 6.04 Å². The van der Waals surface area contributed by atoms with E-state index in [0.717, 1.165) is 0 Å². The Bertz CT molecular complexity index is 183. The molecule has 0 rings (SSSR count). The first-order chi connectivity index (χ1) is 6.04. The maximum absolute atomic E-state index is 10.2. The molecule has 0 saturated heterocycles. The number of carboxylic acid groups (broad SMARTS) is 2. The van der Waals surface area contributed by atoms with E-state index in [9.17, 15) is 9.59 Å². The predicted octanol–water partition coefficient (Wildman–Crippen LogP) is -0.164. The number of nitrogens with two attached hydrogens (primary N) is 1. The molecule has 1 amide bonds. The Morgan fingerprint density at radius 3 is 2.38 bits per heavy atom. The third-order valence-corrected chi connectivity index (χ3v) is 1.54. The van der Waals surface area contributed by atoms with E-state index in [-0.39, 0.29) is 0 Å². The molecule has 76 valence electrons. The van der Waals surface area contributed by atoms with Gasteiger partial charge in [0.15, 0.2) is 0 Å². The molecule has 0 aliphatic rings. The molecule has 0 aliphatic heterocycles. The number of amides is 1. The zero-order valence-electron chi connectivity index (χ0n) is 7.19. The van der Waals surface area contributed by atoms with Crippen molar-refractivity contribution in [1.29, 1.82) is 0 Å². The molecule has 1 atom stereocenters. The Hall–Kier alpha value is -1.30. The molecule has 0 bridgehead atoms. The van der Waals surface area contributed by atoms with Crippen molar-refractivity contribution in [3.63, 3.8) is 0 Å². The summed E-state index contributed by atoms with van der Waals surface area (Å²) in [4.78, 5) is 20.2. The topological polar surface area (TPSA) is 113 Å². The van der Waals surface area contributed by atoms with Crippen LogP contribution in [0.25, 0.3) is 0 Å². The number of unbranched alkanes of at least 4 members (excludes halogenated alkanes) is 1. The van der Waals surface area contributed by atoms with E-state index in [0.29, 0.717) is 25.8 Å². The number of hydrogen-bond donors (Lipinski definition) is 4. The minimum atomic E-state index is -1.07. The van der Waals surface area contributed by atoms with E-state index < -0.39 is 18.1 Å². The van der Waals surface area contributed by atoms with Crippen molar-refractivity contribution in [2.45, 2.75) is 25.3 Å². The van der Waals surface area contributed by atoms with Crippen LogP contribution in [0.1, 0.15) is 19.3 Å². The summed E-state index contributed by atoms with van der Waals surface area (Å²) in [5, 5.41) is 18.7. The highest BCUT2D eigenvalue weighted by Crippen LogP contribution is 1.97. The largest absolute Gasteiger partial charge is 0.480 e. The monoisotopic (exact) mass is 190 g/mol. The zero-order valence-corrected chi connectivity index (χ0v) is 7.19. The molecule has 0 spiro atoms. The fourth-order valence-corrected chi connectivity index (χ4v) is 0.808. The summed E-state index contributed by atoms with van der Waals surface area (Å²) in [7, 11) is 0. The van der Waals surface area contributed by atoms with Gasteiger partial charge in [-0.05, 0) is 19.3 Å². The molecule has 0 fully saturated rings. The Kier molecular flexibility index (Phi) is 5.62. The van der Waals surface area contributed by atoms with Gasteiger partial charge < -0.3 is 21.3 Å². The molecule has 0 aromatic carbocycles. The van der Waals surface area contributed by atoms with Crippen LogP contribution < -0.4 is 11.1 Å². The summed E-state index contributed by atoms with van der Waals surface area (Å²) in [6.45, 7) is 0.335. The summed E-state index contributed by atoms with van der Waals surface area (Å²) < 4.78 is 0. The Morgan fingerprint density at radius 1 is 1.31 bits per heavy atom. The molecular weight excluding hydrogens is 176 g/mol. The van der Waals surface area contributed by atoms with Crippen molar-refractivity contribution in [1.82, 2.24) is 5.32 Å². The number of hydrogen-bond acceptors (Lipinski definition) is 3. The van der Waals surface area contributed by atoms with Crippen molar-refractivity contribution < 1.29 is 19.8 Å². The Morgan fingerprint density at radius 2 is 1.92 bits per heavy atom. The number of rotatable bonds is 6. The molecule has 6 nitrogen and oxygen atoms in total. The number of aliphatic carboxylic acids is 1. The van der Waals surface area contributed by atoms with Crippen molar-refractivity contribution in [3.8, 4) is 0 Å². The van der Waals surface area contributed by atoms with Gasteiger partial charge in [0.2, 0.25) is 0 Å². The second kappa shape index (κ2) is 6.24. The van der Waals surface area contributed by atoms with E-state index in [1.807, 2.05) is 0 Å². The van der Waals surface area contributed by atoms with Crippen molar-refractivity contribution in [2.24, 2.45) is 5.73 Å². The number of carboxylic acids is 1. The minimum Gasteiger partial charge on any atom is -0.480 e. The zero-order chi connectivity index (χ0) is 10.3. The van der Waals surface area contributed by atoms with Gasteiger partial charge in [0.25, 0.3) is 0 Å². The molecule has 13 heavy (non-hydrogen) atoms. The molecule has 6 heteroatoms. The first kappa shape index (κ1) is 11.7. The Labute approximate surface area is 75.7 Å². The third-order valence-electron chi connectivity index (χ3n) is 1.54. The molecule has 0 aromatic heterocycles. The molecule has 5 N–H and O–H groups in total. The van der Waals surface area contributed by atoms with Crippen molar-refractivity contribution in [3.05, 3.63) is 0 Å². The first-order valence-corrected chi connectivity index (χ1v) is 3.99. The van der Waals surface area contributed by atoms with Crippen LogP contribution >= 0.6 is 0 Å². The fraction of sp³-hybridized carbons (Fsp3) is 0.714.